The number of amides is 1. The monoisotopic (exact) mass is 493 g/mol. The van der Waals surface area contributed by atoms with Crippen LogP contribution in [0.4, 0.5) is 10.5 Å². The van der Waals surface area contributed by atoms with E-state index >= 15 is 0 Å². The molecule has 3 aliphatic rings. The van der Waals surface area contributed by atoms with Crippen LogP contribution in [0.5, 0.6) is 5.75 Å². The van der Waals surface area contributed by atoms with Crippen LogP contribution in [0.1, 0.15) is 50.0 Å². The molecular formula is C29H39N3O4. The number of nitrogens with zero attached hydrogens (tertiary/aromatic N) is 3. The highest BCUT2D eigenvalue weighted by Crippen LogP contribution is 2.34. The third kappa shape index (κ3) is 5.95. The van der Waals surface area contributed by atoms with Gasteiger partial charge in [-0.2, -0.15) is 0 Å². The molecule has 2 fully saturated rings. The number of carbonyl (C=O) groups is 1. The lowest BCUT2D eigenvalue weighted by Gasteiger charge is -2.35. The second-order valence-corrected chi connectivity index (χ2v) is 11.3. The van der Waals surface area contributed by atoms with Crippen molar-refractivity contribution in [2.24, 2.45) is 0 Å². The fourth-order valence-electron chi connectivity index (χ4n) is 5.14. The zero-order valence-electron chi connectivity index (χ0n) is 22.0. The maximum absolute atomic E-state index is 12.3. The summed E-state index contributed by atoms with van der Waals surface area (Å²) >= 11 is 0. The molecule has 0 bridgehead atoms. The summed E-state index contributed by atoms with van der Waals surface area (Å²) < 4.78 is 17.9. The molecular weight excluding hydrogens is 454 g/mol. The van der Waals surface area contributed by atoms with Crippen LogP contribution in [0.15, 0.2) is 42.5 Å². The number of benzene rings is 2. The maximum atomic E-state index is 12.3. The molecule has 194 valence electrons. The third-order valence-corrected chi connectivity index (χ3v) is 7.25. The number of likely N-dealkylation sites (N-methyl/N-ethyl adjacent to an activating group) is 1. The van der Waals surface area contributed by atoms with Crippen molar-refractivity contribution in [1.82, 2.24) is 9.80 Å². The van der Waals surface area contributed by atoms with Crippen molar-refractivity contribution < 1.29 is 19.0 Å². The number of piperazine rings is 1. The standard InChI is InChI=1S/C29H39N3O4/c1-29(2,3)36-28(33)32-12-11-26(19-32)35-25-9-6-21(7-10-25)27-18-22-5-8-24(17-23(22)20-34-27)31-15-13-30(4)14-16-31/h5-10,17,26-27H,11-16,18-20H2,1-4H3. The smallest absolute Gasteiger partial charge is 0.410 e. The summed E-state index contributed by atoms with van der Waals surface area (Å²) in [4.78, 5) is 18.9. The fourth-order valence-corrected chi connectivity index (χ4v) is 5.14. The van der Waals surface area contributed by atoms with Gasteiger partial charge in [0.1, 0.15) is 17.5 Å². The summed E-state index contributed by atoms with van der Waals surface area (Å²) in [5.41, 5.74) is 4.66. The molecule has 36 heavy (non-hydrogen) atoms. The molecule has 7 heteroatoms. The first-order valence-corrected chi connectivity index (χ1v) is 13.1. The number of ether oxygens (including phenoxy) is 3. The van der Waals surface area contributed by atoms with Crippen LogP contribution in [0.25, 0.3) is 0 Å². The average molecular weight is 494 g/mol. The van der Waals surface area contributed by atoms with E-state index < -0.39 is 5.60 Å². The van der Waals surface area contributed by atoms with E-state index in [9.17, 15) is 4.79 Å². The Hall–Kier alpha value is -2.77. The first-order chi connectivity index (χ1) is 17.2. The minimum absolute atomic E-state index is 0.0179. The van der Waals surface area contributed by atoms with Gasteiger partial charge in [0, 0.05) is 51.3 Å². The maximum Gasteiger partial charge on any atom is 0.410 e. The Kier molecular flexibility index (Phi) is 7.13. The topological polar surface area (TPSA) is 54.5 Å². The molecule has 3 heterocycles. The number of carbonyl (C=O) groups excluding carboxylic acids is 1. The number of hydrogen-bond donors (Lipinski definition) is 0. The van der Waals surface area contributed by atoms with Crippen LogP contribution in [0.2, 0.25) is 0 Å². The molecule has 2 saturated heterocycles. The molecule has 1 amide bonds. The van der Waals surface area contributed by atoms with Gasteiger partial charge in [0.15, 0.2) is 0 Å². The Labute approximate surface area is 214 Å². The third-order valence-electron chi connectivity index (χ3n) is 7.25. The second-order valence-electron chi connectivity index (χ2n) is 11.3. The predicted octanol–water partition coefficient (Wildman–Crippen LogP) is 4.64. The average Bonchev–Trinajstić information content (AvgIpc) is 3.32. The van der Waals surface area contributed by atoms with Crippen LogP contribution in [0, 0.1) is 0 Å². The lowest BCUT2D eigenvalue weighted by atomic mass is 9.94. The Morgan fingerprint density at radius 1 is 0.972 bits per heavy atom. The molecule has 0 aromatic heterocycles. The SMILES string of the molecule is CN1CCN(c2ccc3c(c2)COC(c2ccc(OC4CCN(C(=O)OC(C)(C)C)C4)cc2)C3)CC1. The van der Waals surface area contributed by atoms with Crippen molar-refractivity contribution in [3.05, 3.63) is 59.2 Å². The van der Waals surface area contributed by atoms with Gasteiger partial charge in [0.2, 0.25) is 0 Å². The molecule has 2 aromatic carbocycles. The minimum Gasteiger partial charge on any atom is -0.489 e. The molecule has 2 unspecified atom stereocenters. The molecule has 3 aliphatic heterocycles. The lowest BCUT2D eigenvalue weighted by molar-refractivity contribution is 0.0268. The van der Waals surface area contributed by atoms with Crippen LogP contribution < -0.4 is 9.64 Å². The van der Waals surface area contributed by atoms with Crippen LogP contribution in [-0.4, -0.2) is 73.9 Å². The Balaban J connectivity index is 1.15. The summed E-state index contributed by atoms with van der Waals surface area (Å²) in [6.45, 7) is 11.9. The van der Waals surface area contributed by atoms with Crippen molar-refractivity contribution >= 4 is 11.8 Å². The molecule has 0 spiro atoms. The number of rotatable bonds is 4. The van der Waals surface area contributed by atoms with Gasteiger partial charge in [-0.1, -0.05) is 18.2 Å². The van der Waals surface area contributed by atoms with Crippen LogP contribution in [-0.2, 0) is 22.5 Å². The first-order valence-electron chi connectivity index (χ1n) is 13.1. The summed E-state index contributed by atoms with van der Waals surface area (Å²) in [6.07, 6.45) is 1.45. The summed E-state index contributed by atoms with van der Waals surface area (Å²) in [7, 11) is 2.19. The zero-order chi connectivity index (χ0) is 25.3. The van der Waals surface area contributed by atoms with Crippen LogP contribution >= 0.6 is 0 Å². The second kappa shape index (κ2) is 10.3. The van der Waals surface area contributed by atoms with E-state index in [1.165, 1.54) is 16.8 Å². The molecule has 5 rings (SSSR count). The highest BCUT2D eigenvalue weighted by atomic mass is 16.6. The van der Waals surface area contributed by atoms with Gasteiger partial charge >= 0.3 is 6.09 Å². The van der Waals surface area contributed by atoms with E-state index in [1.807, 2.05) is 32.9 Å². The quantitative estimate of drug-likeness (QED) is 0.619. The highest BCUT2D eigenvalue weighted by Gasteiger charge is 2.31. The van der Waals surface area contributed by atoms with E-state index in [0.717, 1.165) is 50.3 Å². The molecule has 0 radical (unpaired) electrons. The van der Waals surface area contributed by atoms with Crippen molar-refractivity contribution in [2.75, 3.05) is 51.2 Å². The van der Waals surface area contributed by atoms with E-state index in [2.05, 4.69) is 47.2 Å². The van der Waals surface area contributed by atoms with Crippen LogP contribution in [0.3, 0.4) is 0 Å². The number of hydrogen-bond acceptors (Lipinski definition) is 6. The van der Waals surface area contributed by atoms with Gasteiger partial charge < -0.3 is 28.9 Å². The van der Waals surface area contributed by atoms with Gasteiger partial charge in [-0.15, -0.1) is 0 Å². The summed E-state index contributed by atoms with van der Waals surface area (Å²) in [5, 5.41) is 0. The fraction of sp³-hybridized carbons (Fsp3) is 0.552. The van der Waals surface area contributed by atoms with Crippen molar-refractivity contribution in [3.63, 3.8) is 0 Å². The molecule has 2 aromatic rings. The van der Waals surface area contributed by atoms with Crippen molar-refractivity contribution in [2.45, 2.75) is 58.0 Å². The summed E-state index contributed by atoms with van der Waals surface area (Å²) in [5.74, 6) is 0.822. The molecule has 7 nitrogen and oxygen atoms in total. The number of likely N-dealkylation sites (tertiary alicyclic amines) is 1. The molecule has 0 N–H and O–H groups in total. The van der Waals surface area contributed by atoms with Gasteiger partial charge in [0.05, 0.1) is 19.3 Å². The first kappa shape index (κ1) is 24.9. The largest absolute Gasteiger partial charge is 0.489 e. The lowest BCUT2D eigenvalue weighted by Crippen LogP contribution is -2.44. The normalized spacial score (nSPS) is 22.9. The molecule has 2 atom stereocenters. The van der Waals surface area contributed by atoms with Gasteiger partial charge in [-0.05, 0) is 68.8 Å². The Morgan fingerprint density at radius 2 is 1.72 bits per heavy atom. The van der Waals surface area contributed by atoms with Gasteiger partial charge in [-0.3, -0.25) is 0 Å². The highest BCUT2D eigenvalue weighted by molar-refractivity contribution is 5.68. The Morgan fingerprint density at radius 3 is 2.44 bits per heavy atom. The minimum atomic E-state index is -0.486. The molecule has 0 aliphatic carbocycles. The van der Waals surface area contributed by atoms with E-state index in [1.54, 1.807) is 4.90 Å². The predicted molar refractivity (Wildman–Crippen MR) is 141 cm³/mol. The van der Waals surface area contributed by atoms with Crippen molar-refractivity contribution in [1.29, 1.82) is 0 Å². The zero-order valence-corrected chi connectivity index (χ0v) is 22.0. The van der Waals surface area contributed by atoms with E-state index in [0.29, 0.717) is 19.7 Å². The van der Waals surface area contributed by atoms with E-state index in [-0.39, 0.29) is 18.3 Å². The van der Waals surface area contributed by atoms with Crippen molar-refractivity contribution in [3.8, 4) is 5.75 Å². The van der Waals surface area contributed by atoms with E-state index in [4.69, 9.17) is 14.2 Å². The van der Waals surface area contributed by atoms with Gasteiger partial charge in [-0.25, -0.2) is 4.79 Å². The summed E-state index contributed by atoms with van der Waals surface area (Å²) in [6, 6.07) is 15.1. The molecule has 0 saturated carbocycles. The van der Waals surface area contributed by atoms with Gasteiger partial charge in [0.25, 0.3) is 0 Å². The number of anilines is 1. The Bertz CT molecular complexity index is 1060. The number of fused-ring (bicyclic) bond motifs is 1.